The van der Waals surface area contributed by atoms with Gasteiger partial charge in [0.25, 0.3) is 5.91 Å². The molecule has 0 atom stereocenters. The van der Waals surface area contributed by atoms with Gasteiger partial charge >= 0.3 is 0 Å². The van der Waals surface area contributed by atoms with Gasteiger partial charge in [0.15, 0.2) is 5.69 Å². The Hall–Kier alpha value is -2.80. The second-order valence-electron chi connectivity index (χ2n) is 6.11. The van der Waals surface area contributed by atoms with Crippen LogP contribution in [0.2, 0.25) is 0 Å². The molecule has 134 valence electrons. The Morgan fingerprint density at radius 3 is 2.62 bits per heavy atom. The fraction of sp³-hybridized carbons (Fsp3) is 0.263. The summed E-state index contributed by atoms with van der Waals surface area (Å²) in [6.45, 7) is 0. The molecule has 3 aromatic rings. The number of benzene rings is 1. The van der Waals surface area contributed by atoms with Gasteiger partial charge in [-0.2, -0.15) is 5.10 Å². The Morgan fingerprint density at radius 1 is 1.19 bits per heavy atom. The molecular formula is C19H19N3O3S. The number of methoxy groups -OCH3 is 2. The predicted molar refractivity (Wildman–Crippen MR) is 101 cm³/mol. The number of ether oxygens (including phenoxy) is 2. The fourth-order valence-electron chi connectivity index (χ4n) is 3.38. The summed E-state index contributed by atoms with van der Waals surface area (Å²) < 4.78 is 12.3. The molecule has 1 aliphatic carbocycles. The van der Waals surface area contributed by atoms with E-state index in [1.165, 1.54) is 10.4 Å². The van der Waals surface area contributed by atoms with E-state index in [2.05, 4.69) is 21.9 Å². The van der Waals surface area contributed by atoms with E-state index in [0.717, 1.165) is 24.1 Å². The van der Waals surface area contributed by atoms with Crippen LogP contribution >= 0.6 is 11.3 Å². The van der Waals surface area contributed by atoms with Gasteiger partial charge in [0.1, 0.15) is 11.5 Å². The summed E-state index contributed by atoms with van der Waals surface area (Å²) >= 11 is 1.76. The van der Waals surface area contributed by atoms with Crippen molar-refractivity contribution in [2.24, 2.45) is 7.05 Å². The molecule has 0 fully saturated rings. The first-order chi connectivity index (χ1) is 12.6. The lowest BCUT2D eigenvalue weighted by atomic mass is 9.94. The number of hydrogen-bond donors (Lipinski definition) is 1. The minimum atomic E-state index is -0.226. The van der Waals surface area contributed by atoms with Crippen molar-refractivity contribution < 1.29 is 14.3 Å². The number of fused-ring (bicyclic) bond motifs is 3. The van der Waals surface area contributed by atoms with Crippen molar-refractivity contribution in [2.75, 3.05) is 19.5 Å². The van der Waals surface area contributed by atoms with Gasteiger partial charge in [-0.1, -0.05) is 0 Å². The van der Waals surface area contributed by atoms with Crippen LogP contribution in [-0.4, -0.2) is 29.9 Å². The highest BCUT2D eigenvalue weighted by Gasteiger charge is 2.28. The summed E-state index contributed by atoms with van der Waals surface area (Å²) in [5.74, 6) is 1.01. The third-order valence-electron chi connectivity index (χ3n) is 4.57. The van der Waals surface area contributed by atoms with E-state index in [1.807, 2.05) is 7.05 Å². The number of amides is 1. The molecule has 1 amide bonds. The third-order valence-corrected chi connectivity index (χ3v) is 5.55. The zero-order chi connectivity index (χ0) is 18.3. The molecule has 7 heteroatoms. The van der Waals surface area contributed by atoms with E-state index in [0.29, 0.717) is 22.9 Å². The SMILES string of the molecule is COc1cc(NC(=O)c2nn(C)c3c2CCc2sccc2-3)cc(OC)c1. The third kappa shape index (κ3) is 2.74. The maximum atomic E-state index is 12.9. The molecule has 2 aromatic heterocycles. The standard InChI is InChI=1S/C19H19N3O3S/c1-22-18-14-6-7-26-16(14)5-4-15(18)17(21-22)19(23)20-11-8-12(24-2)10-13(9-11)25-3/h6-10H,4-5H2,1-3H3,(H,20,23). The Kier molecular flexibility index (Phi) is 4.16. The zero-order valence-electron chi connectivity index (χ0n) is 14.8. The molecule has 1 aromatic carbocycles. The monoisotopic (exact) mass is 369 g/mol. The Bertz CT molecular complexity index is 968. The molecule has 0 aliphatic heterocycles. The predicted octanol–water partition coefficient (Wildman–Crippen LogP) is 3.52. The van der Waals surface area contributed by atoms with Crippen molar-refractivity contribution in [3.8, 4) is 22.8 Å². The van der Waals surface area contributed by atoms with Crippen molar-refractivity contribution >= 4 is 22.9 Å². The maximum Gasteiger partial charge on any atom is 0.276 e. The lowest BCUT2D eigenvalue weighted by Gasteiger charge is -2.14. The highest BCUT2D eigenvalue weighted by atomic mass is 32.1. The highest BCUT2D eigenvalue weighted by molar-refractivity contribution is 7.10. The van der Waals surface area contributed by atoms with Gasteiger partial charge < -0.3 is 14.8 Å². The van der Waals surface area contributed by atoms with Gasteiger partial charge in [0.2, 0.25) is 0 Å². The van der Waals surface area contributed by atoms with Gasteiger partial charge in [-0.05, 0) is 24.3 Å². The summed E-state index contributed by atoms with van der Waals surface area (Å²) in [7, 11) is 5.04. The van der Waals surface area contributed by atoms with Crippen LogP contribution in [0.15, 0.2) is 29.6 Å². The quantitative estimate of drug-likeness (QED) is 0.764. The normalized spacial score (nSPS) is 12.3. The van der Waals surface area contributed by atoms with Crippen LogP contribution in [-0.2, 0) is 19.9 Å². The number of hydrogen-bond acceptors (Lipinski definition) is 5. The van der Waals surface area contributed by atoms with Gasteiger partial charge in [-0.25, -0.2) is 0 Å². The molecule has 2 heterocycles. The number of aryl methyl sites for hydroxylation is 2. The van der Waals surface area contributed by atoms with Crippen molar-refractivity contribution in [1.82, 2.24) is 9.78 Å². The fourth-order valence-corrected chi connectivity index (χ4v) is 4.26. The smallest absolute Gasteiger partial charge is 0.276 e. The molecule has 0 radical (unpaired) electrons. The van der Waals surface area contributed by atoms with Crippen LogP contribution in [0.1, 0.15) is 20.9 Å². The molecule has 4 rings (SSSR count). The van der Waals surface area contributed by atoms with Crippen LogP contribution in [0.4, 0.5) is 5.69 Å². The molecule has 1 aliphatic rings. The molecule has 0 saturated carbocycles. The van der Waals surface area contributed by atoms with E-state index < -0.39 is 0 Å². The van der Waals surface area contributed by atoms with E-state index in [9.17, 15) is 4.79 Å². The minimum Gasteiger partial charge on any atom is -0.497 e. The molecule has 26 heavy (non-hydrogen) atoms. The topological polar surface area (TPSA) is 65.4 Å². The summed E-state index contributed by atoms with van der Waals surface area (Å²) in [6.07, 6.45) is 1.76. The average Bonchev–Trinajstić information content (AvgIpc) is 3.25. The zero-order valence-corrected chi connectivity index (χ0v) is 15.6. The van der Waals surface area contributed by atoms with E-state index in [1.54, 1.807) is 48.4 Å². The van der Waals surface area contributed by atoms with Crippen LogP contribution < -0.4 is 14.8 Å². The number of nitrogens with one attached hydrogen (secondary N) is 1. The Morgan fingerprint density at radius 2 is 1.92 bits per heavy atom. The molecule has 6 nitrogen and oxygen atoms in total. The first-order valence-electron chi connectivity index (χ1n) is 8.27. The summed E-state index contributed by atoms with van der Waals surface area (Å²) in [5, 5.41) is 9.51. The average molecular weight is 369 g/mol. The lowest BCUT2D eigenvalue weighted by Crippen LogP contribution is -2.15. The highest BCUT2D eigenvalue weighted by Crippen LogP contribution is 2.38. The molecule has 0 bridgehead atoms. The molecule has 1 N–H and O–H groups in total. The number of aromatic nitrogens is 2. The number of nitrogens with zero attached hydrogens (tertiary/aromatic N) is 2. The molecular weight excluding hydrogens is 350 g/mol. The number of thiophene rings is 1. The van der Waals surface area contributed by atoms with Crippen molar-refractivity contribution in [3.05, 3.63) is 45.8 Å². The Balaban J connectivity index is 1.68. The van der Waals surface area contributed by atoms with Crippen LogP contribution in [0.25, 0.3) is 11.3 Å². The second-order valence-corrected chi connectivity index (χ2v) is 7.11. The van der Waals surface area contributed by atoms with E-state index >= 15 is 0 Å². The summed E-state index contributed by atoms with van der Waals surface area (Å²) in [4.78, 5) is 14.2. The van der Waals surface area contributed by atoms with E-state index in [-0.39, 0.29) is 5.91 Å². The van der Waals surface area contributed by atoms with Crippen molar-refractivity contribution in [1.29, 1.82) is 0 Å². The van der Waals surface area contributed by atoms with E-state index in [4.69, 9.17) is 9.47 Å². The van der Waals surface area contributed by atoms with Crippen molar-refractivity contribution in [3.63, 3.8) is 0 Å². The molecule has 0 saturated heterocycles. The summed E-state index contributed by atoms with van der Waals surface area (Å²) in [5.41, 5.74) is 4.32. The van der Waals surface area contributed by atoms with Gasteiger partial charge in [-0.15, -0.1) is 11.3 Å². The largest absolute Gasteiger partial charge is 0.497 e. The molecule has 0 unspecified atom stereocenters. The second kappa shape index (κ2) is 6.49. The van der Waals surface area contributed by atoms with Gasteiger partial charge in [0, 0.05) is 46.9 Å². The van der Waals surface area contributed by atoms with Gasteiger partial charge in [0.05, 0.1) is 19.9 Å². The summed E-state index contributed by atoms with van der Waals surface area (Å²) in [6, 6.07) is 7.38. The first kappa shape index (κ1) is 16.7. The van der Waals surface area contributed by atoms with Crippen LogP contribution in [0.3, 0.4) is 0 Å². The van der Waals surface area contributed by atoms with Crippen LogP contribution in [0.5, 0.6) is 11.5 Å². The Labute approximate surface area is 155 Å². The maximum absolute atomic E-state index is 12.9. The first-order valence-corrected chi connectivity index (χ1v) is 9.15. The van der Waals surface area contributed by atoms with Crippen molar-refractivity contribution in [2.45, 2.75) is 12.8 Å². The minimum absolute atomic E-state index is 0.226. The lowest BCUT2D eigenvalue weighted by molar-refractivity contribution is 0.102. The molecule has 0 spiro atoms. The van der Waals surface area contributed by atoms with Gasteiger partial charge in [-0.3, -0.25) is 9.48 Å². The number of carbonyl (C=O) groups is 1. The van der Waals surface area contributed by atoms with Crippen LogP contribution in [0, 0.1) is 0 Å². The number of rotatable bonds is 4. The number of anilines is 1. The number of carbonyl (C=O) groups excluding carboxylic acids is 1.